The second-order valence-electron chi connectivity index (χ2n) is 4.30. The standard InChI is InChI=1S/C12H17N3O2/c13-7-8-3-1-5-10(8)17-12-9(11(14)16)4-2-6-15-12/h2,4,6,8,10H,1,3,5,7,13H2,(H2,14,16). The minimum Gasteiger partial charge on any atom is -0.473 e. The van der Waals surface area contributed by atoms with Gasteiger partial charge in [-0.2, -0.15) is 0 Å². The van der Waals surface area contributed by atoms with Crippen LogP contribution in [0.2, 0.25) is 0 Å². The predicted molar refractivity (Wildman–Crippen MR) is 63.6 cm³/mol. The second kappa shape index (κ2) is 5.14. The van der Waals surface area contributed by atoms with Crippen molar-refractivity contribution in [2.75, 3.05) is 6.54 Å². The van der Waals surface area contributed by atoms with Crippen LogP contribution in [-0.4, -0.2) is 23.5 Å². The fraction of sp³-hybridized carbons (Fsp3) is 0.500. The van der Waals surface area contributed by atoms with Gasteiger partial charge in [0.25, 0.3) is 5.91 Å². The van der Waals surface area contributed by atoms with Crippen molar-refractivity contribution >= 4 is 5.91 Å². The number of rotatable bonds is 4. The summed E-state index contributed by atoms with van der Waals surface area (Å²) in [5.41, 5.74) is 11.3. The summed E-state index contributed by atoms with van der Waals surface area (Å²) in [5, 5.41) is 0. The third-order valence-corrected chi connectivity index (χ3v) is 3.19. The zero-order valence-corrected chi connectivity index (χ0v) is 9.63. The van der Waals surface area contributed by atoms with Gasteiger partial charge in [0, 0.05) is 12.1 Å². The molecule has 1 aromatic rings. The number of aromatic nitrogens is 1. The molecule has 2 rings (SSSR count). The van der Waals surface area contributed by atoms with Gasteiger partial charge in [0.2, 0.25) is 5.88 Å². The average Bonchev–Trinajstić information content (AvgIpc) is 2.77. The zero-order valence-electron chi connectivity index (χ0n) is 9.63. The SMILES string of the molecule is NCC1CCCC1Oc1ncccc1C(N)=O. The third-order valence-electron chi connectivity index (χ3n) is 3.19. The van der Waals surface area contributed by atoms with Crippen molar-refractivity contribution in [3.05, 3.63) is 23.9 Å². The molecule has 5 heteroatoms. The Kier molecular flexibility index (Phi) is 3.58. The highest BCUT2D eigenvalue weighted by molar-refractivity contribution is 5.94. The summed E-state index contributed by atoms with van der Waals surface area (Å²) in [6.45, 7) is 0.601. The highest BCUT2D eigenvalue weighted by Gasteiger charge is 2.29. The summed E-state index contributed by atoms with van der Waals surface area (Å²) in [6, 6.07) is 3.29. The van der Waals surface area contributed by atoms with E-state index in [2.05, 4.69) is 4.98 Å². The van der Waals surface area contributed by atoms with Crippen molar-refractivity contribution in [1.82, 2.24) is 4.98 Å². The molecule has 5 nitrogen and oxygen atoms in total. The summed E-state index contributed by atoms with van der Waals surface area (Å²) in [6.07, 6.45) is 4.77. The molecule has 92 valence electrons. The quantitative estimate of drug-likeness (QED) is 0.803. The van der Waals surface area contributed by atoms with Crippen LogP contribution in [0.3, 0.4) is 0 Å². The van der Waals surface area contributed by atoms with Gasteiger partial charge in [-0.1, -0.05) is 0 Å². The van der Waals surface area contributed by atoms with E-state index in [4.69, 9.17) is 16.2 Å². The average molecular weight is 235 g/mol. The summed E-state index contributed by atoms with van der Waals surface area (Å²) >= 11 is 0. The van der Waals surface area contributed by atoms with Crippen molar-refractivity contribution < 1.29 is 9.53 Å². The Morgan fingerprint density at radius 2 is 2.35 bits per heavy atom. The molecular weight excluding hydrogens is 218 g/mol. The lowest BCUT2D eigenvalue weighted by Gasteiger charge is -2.20. The largest absolute Gasteiger partial charge is 0.473 e. The fourth-order valence-electron chi connectivity index (χ4n) is 2.24. The van der Waals surface area contributed by atoms with Crippen LogP contribution >= 0.6 is 0 Å². The van der Waals surface area contributed by atoms with Crippen molar-refractivity contribution in [3.8, 4) is 5.88 Å². The Morgan fingerprint density at radius 3 is 3.06 bits per heavy atom. The van der Waals surface area contributed by atoms with Gasteiger partial charge in [-0.3, -0.25) is 4.79 Å². The summed E-state index contributed by atoms with van der Waals surface area (Å²) < 4.78 is 5.78. The van der Waals surface area contributed by atoms with Crippen molar-refractivity contribution in [1.29, 1.82) is 0 Å². The van der Waals surface area contributed by atoms with E-state index < -0.39 is 5.91 Å². The van der Waals surface area contributed by atoms with Crippen molar-refractivity contribution in [2.45, 2.75) is 25.4 Å². The van der Waals surface area contributed by atoms with Gasteiger partial charge in [-0.05, 0) is 37.9 Å². The maximum absolute atomic E-state index is 11.2. The molecule has 1 fully saturated rings. The second-order valence-corrected chi connectivity index (χ2v) is 4.30. The molecule has 4 N–H and O–H groups in total. The Labute approximate surface area is 100 Å². The number of carbonyl (C=O) groups is 1. The number of hydrogen-bond donors (Lipinski definition) is 2. The van der Waals surface area contributed by atoms with Gasteiger partial charge in [0.1, 0.15) is 11.7 Å². The van der Waals surface area contributed by atoms with Gasteiger partial charge >= 0.3 is 0 Å². The van der Waals surface area contributed by atoms with E-state index >= 15 is 0 Å². The van der Waals surface area contributed by atoms with Gasteiger partial charge in [-0.15, -0.1) is 0 Å². The van der Waals surface area contributed by atoms with Gasteiger partial charge in [0.15, 0.2) is 0 Å². The van der Waals surface area contributed by atoms with Crippen LogP contribution in [0, 0.1) is 5.92 Å². The molecule has 0 spiro atoms. The lowest BCUT2D eigenvalue weighted by molar-refractivity contribution is 0.0986. The Morgan fingerprint density at radius 1 is 1.53 bits per heavy atom. The van der Waals surface area contributed by atoms with E-state index in [1.807, 2.05) is 0 Å². The van der Waals surface area contributed by atoms with Crippen LogP contribution in [0.25, 0.3) is 0 Å². The molecule has 2 atom stereocenters. The first kappa shape index (κ1) is 11.9. The molecule has 1 amide bonds. The smallest absolute Gasteiger partial charge is 0.254 e. The molecule has 1 aromatic heterocycles. The molecular formula is C12H17N3O2. The van der Waals surface area contributed by atoms with Crippen LogP contribution in [-0.2, 0) is 0 Å². The van der Waals surface area contributed by atoms with Gasteiger partial charge in [0.05, 0.1) is 0 Å². The molecule has 0 saturated heterocycles. The van der Waals surface area contributed by atoms with Crippen molar-refractivity contribution in [2.24, 2.45) is 17.4 Å². The molecule has 0 aliphatic heterocycles. The van der Waals surface area contributed by atoms with Crippen LogP contribution in [0.1, 0.15) is 29.6 Å². The third kappa shape index (κ3) is 2.55. The van der Waals surface area contributed by atoms with Gasteiger partial charge < -0.3 is 16.2 Å². The first-order valence-corrected chi connectivity index (χ1v) is 5.84. The van der Waals surface area contributed by atoms with Crippen LogP contribution in [0.5, 0.6) is 5.88 Å². The van der Waals surface area contributed by atoms with E-state index in [1.54, 1.807) is 18.3 Å². The van der Waals surface area contributed by atoms with E-state index in [1.165, 1.54) is 0 Å². The molecule has 0 bridgehead atoms. The van der Waals surface area contributed by atoms with Crippen LogP contribution in [0.4, 0.5) is 0 Å². The zero-order chi connectivity index (χ0) is 12.3. The van der Waals surface area contributed by atoms with E-state index in [-0.39, 0.29) is 6.10 Å². The fourth-order valence-corrected chi connectivity index (χ4v) is 2.24. The molecule has 1 heterocycles. The Balaban J connectivity index is 2.15. The molecule has 2 unspecified atom stereocenters. The summed E-state index contributed by atoms with van der Waals surface area (Å²) in [4.78, 5) is 15.3. The molecule has 0 radical (unpaired) electrons. The Bertz CT molecular complexity index is 408. The maximum atomic E-state index is 11.2. The highest BCUT2D eigenvalue weighted by Crippen LogP contribution is 2.29. The Hall–Kier alpha value is -1.62. The lowest BCUT2D eigenvalue weighted by Crippen LogP contribution is -2.29. The molecule has 1 saturated carbocycles. The van der Waals surface area contributed by atoms with E-state index in [9.17, 15) is 4.79 Å². The van der Waals surface area contributed by atoms with Crippen molar-refractivity contribution in [3.63, 3.8) is 0 Å². The van der Waals surface area contributed by atoms with Gasteiger partial charge in [-0.25, -0.2) is 4.98 Å². The molecule has 1 aliphatic rings. The van der Waals surface area contributed by atoms with Crippen LogP contribution < -0.4 is 16.2 Å². The summed E-state index contributed by atoms with van der Waals surface area (Å²) in [5.74, 6) is 0.151. The molecule has 1 aliphatic carbocycles. The normalized spacial score (nSPS) is 23.6. The maximum Gasteiger partial charge on any atom is 0.254 e. The number of nitrogens with zero attached hydrogens (tertiary/aromatic N) is 1. The van der Waals surface area contributed by atoms with Crippen LogP contribution in [0.15, 0.2) is 18.3 Å². The molecule has 0 aromatic carbocycles. The molecule has 17 heavy (non-hydrogen) atoms. The monoisotopic (exact) mass is 235 g/mol. The number of amides is 1. The minimum absolute atomic E-state index is 0.0491. The number of hydrogen-bond acceptors (Lipinski definition) is 4. The number of nitrogens with two attached hydrogens (primary N) is 2. The van der Waals surface area contributed by atoms with E-state index in [0.717, 1.165) is 19.3 Å². The minimum atomic E-state index is -0.518. The number of pyridine rings is 1. The number of ether oxygens (including phenoxy) is 1. The predicted octanol–water partition coefficient (Wildman–Crippen LogP) is 0.687. The highest BCUT2D eigenvalue weighted by atomic mass is 16.5. The first-order valence-electron chi connectivity index (χ1n) is 5.84. The van der Waals surface area contributed by atoms with E-state index in [0.29, 0.717) is 23.9 Å². The number of primary amides is 1. The summed E-state index contributed by atoms with van der Waals surface area (Å²) in [7, 11) is 0. The lowest BCUT2D eigenvalue weighted by atomic mass is 10.1. The topological polar surface area (TPSA) is 91.2 Å². The first-order chi connectivity index (χ1) is 8.22. The number of carbonyl (C=O) groups excluding carboxylic acids is 1.